The topological polar surface area (TPSA) is 16.4 Å². The van der Waals surface area contributed by atoms with Crippen molar-refractivity contribution < 1.29 is 4.42 Å². The Hall–Kier alpha value is -7.68. The lowest BCUT2D eigenvalue weighted by molar-refractivity contribution is 0.666. The van der Waals surface area contributed by atoms with Gasteiger partial charge in [0.15, 0.2) is 5.58 Å². The van der Waals surface area contributed by atoms with Gasteiger partial charge in [-0.2, -0.15) is 0 Å². The summed E-state index contributed by atoms with van der Waals surface area (Å²) in [5.74, 6) is 0. The predicted octanol–water partition coefficient (Wildman–Crippen LogP) is 17.4. The molecule has 2 aliphatic rings. The summed E-state index contributed by atoms with van der Waals surface area (Å²) >= 11 is 0. The molecule has 14 rings (SSSR count). The Kier molecular flexibility index (Phi) is 7.00. The van der Waals surface area contributed by atoms with Crippen molar-refractivity contribution >= 4 is 92.9 Å². The van der Waals surface area contributed by atoms with E-state index in [-0.39, 0.29) is 10.8 Å². The summed E-state index contributed by atoms with van der Waals surface area (Å²) in [5.41, 5.74) is 15.5. The largest absolute Gasteiger partial charge is 0.454 e. The minimum absolute atomic E-state index is 0.183. The second-order valence-electron chi connectivity index (χ2n) is 19.1. The van der Waals surface area contributed by atoms with Crippen LogP contribution < -0.4 is 4.90 Å². The lowest BCUT2D eigenvalue weighted by Crippen LogP contribution is -2.18. The van der Waals surface area contributed by atoms with Crippen molar-refractivity contribution in [2.75, 3.05) is 4.90 Å². The SMILES string of the molecule is CC1(C)c2c(ccc3ccccc23)-c2ccc3cc(N(c4cc5c(c6ccccc46)-c4c(c6ccccc6c6ccccc46)C5(C)C)c4cccc5c4oc4ccccc45)ccc3c21. The lowest BCUT2D eigenvalue weighted by Gasteiger charge is -2.30. The summed E-state index contributed by atoms with van der Waals surface area (Å²) in [6.45, 7) is 9.69. The Labute approximate surface area is 371 Å². The van der Waals surface area contributed by atoms with Crippen LogP contribution in [0.15, 0.2) is 192 Å². The maximum atomic E-state index is 6.90. The highest BCUT2D eigenvalue weighted by Gasteiger charge is 2.41. The van der Waals surface area contributed by atoms with Gasteiger partial charge in [-0.05, 0) is 123 Å². The van der Waals surface area contributed by atoms with Crippen molar-refractivity contribution in [3.05, 3.63) is 210 Å². The van der Waals surface area contributed by atoms with Gasteiger partial charge in [-0.1, -0.05) is 185 Å². The molecule has 0 spiro atoms. The molecule has 64 heavy (non-hydrogen) atoms. The number of benzene rings is 11. The number of para-hydroxylation sites is 2. The molecule has 0 atom stereocenters. The highest BCUT2D eigenvalue weighted by atomic mass is 16.3. The first-order valence-corrected chi connectivity index (χ1v) is 22.6. The predicted molar refractivity (Wildman–Crippen MR) is 271 cm³/mol. The standard InChI is InChI=1S/C62H43NO/c1-61(2)51-35-53(43-20-9-11-23-46(43)55(51)56-45-22-10-7-18-41(45)42-19-8-12-24-47(42)59(56)61)63(52-26-15-25-50-44-21-13-14-27-54(44)64-60(50)52)38-30-33-40-37(34-38)29-32-49-48-31-28-36-16-5-6-17-39(36)57(48)62(3,4)58(40)49/h5-35H,1-4H3. The fourth-order valence-electron chi connectivity index (χ4n) is 12.5. The van der Waals surface area contributed by atoms with Crippen LogP contribution in [0.1, 0.15) is 49.9 Å². The minimum Gasteiger partial charge on any atom is -0.454 e. The van der Waals surface area contributed by atoms with Crippen molar-refractivity contribution in [1.29, 1.82) is 0 Å². The van der Waals surface area contributed by atoms with Crippen LogP contribution in [-0.4, -0.2) is 0 Å². The Balaban J connectivity index is 1.06. The van der Waals surface area contributed by atoms with Gasteiger partial charge in [-0.3, -0.25) is 0 Å². The van der Waals surface area contributed by atoms with E-state index >= 15 is 0 Å². The smallest absolute Gasteiger partial charge is 0.159 e. The van der Waals surface area contributed by atoms with Gasteiger partial charge in [0.05, 0.1) is 11.4 Å². The van der Waals surface area contributed by atoms with E-state index in [0.717, 1.165) is 39.0 Å². The van der Waals surface area contributed by atoms with Crippen molar-refractivity contribution in [2.24, 2.45) is 0 Å². The highest BCUT2D eigenvalue weighted by Crippen LogP contribution is 2.59. The van der Waals surface area contributed by atoms with Crippen molar-refractivity contribution in [3.8, 4) is 22.3 Å². The molecule has 0 fully saturated rings. The Morgan fingerprint density at radius 1 is 0.359 bits per heavy atom. The number of nitrogens with zero attached hydrogens (tertiary/aromatic N) is 1. The number of hydrogen-bond acceptors (Lipinski definition) is 2. The third-order valence-electron chi connectivity index (χ3n) is 15.1. The summed E-state index contributed by atoms with van der Waals surface area (Å²) in [7, 11) is 0. The molecule has 2 heteroatoms. The van der Waals surface area contributed by atoms with E-state index in [1.165, 1.54) is 98.4 Å². The molecule has 0 amide bonds. The Bertz CT molecular complexity index is 4030. The van der Waals surface area contributed by atoms with Crippen molar-refractivity contribution in [1.82, 2.24) is 0 Å². The molecule has 0 saturated heterocycles. The van der Waals surface area contributed by atoms with Crippen LogP contribution >= 0.6 is 0 Å². The molecule has 1 heterocycles. The first-order valence-electron chi connectivity index (χ1n) is 22.6. The van der Waals surface area contributed by atoms with Crippen LogP contribution in [0.4, 0.5) is 17.1 Å². The molecule has 0 bridgehead atoms. The third kappa shape index (κ3) is 4.55. The van der Waals surface area contributed by atoms with Gasteiger partial charge in [0.25, 0.3) is 0 Å². The molecule has 12 aromatic rings. The van der Waals surface area contributed by atoms with Gasteiger partial charge >= 0.3 is 0 Å². The maximum absolute atomic E-state index is 6.90. The Morgan fingerprint density at radius 2 is 0.922 bits per heavy atom. The van der Waals surface area contributed by atoms with Gasteiger partial charge in [0, 0.05) is 32.7 Å². The van der Waals surface area contributed by atoms with E-state index in [2.05, 4.69) is 221 Å². The molecule has 1 aromatic heterocycles. The van der Waals surface area contributed by atoms with Gasteiger partial charge in [-0.25, -0.2) is 0 Å². The average molecular weight is 818 g/mol. The summed E-state index contributed by atoms with van der Waals surface area (Å²) in [4.78, 5) is 2.49. The lowest BCUT2D eigenvalue weighted by atomic mass is 9.78. The Morgan fingerprint density at radius 3 is 1.67 bits per heavy atom. The number of furan rings is 1. The van der Waals surface area contributed by atoms with Gasteiger partial charge in [0.2, 0.25) is 0 Å². The zero-order valence-electron chi connectivity index (χ0n) is 36.3. The van der Waals surface area contributed by atoms with E-state index in [1.807, 2.05) is 0 Å². The fourth-order valence-corrected chi connectivity index (χ4v) is 12.5. The monoisotopic (exact) mass is 817 g/mol. The molecule has 11 aromatic carbocycles. The average Bonchev–Trinajstić information content (AvgIpc) is 3.92. The molecular weight excluding hydrogens is 775 g/mol. The molecule has 2 nitrogen and oxygen atoms in total. The van der Waals surface area contributed by atoms with Gasteiger partial charge < -0.3 is 9.32 Å². The van der Waals surface area contributed by atoms with E-state index in [4.69, 9.17) is 4.42 Å². The molecule has 0 aliphatic heterocycles. The highest BCUT2D eigenvalue weighted by molar-refractivity contribution is 6.23. The second-order valence-corrected chi connectivity index (χ2v) is 19.1. The van der Waals surface area contributed by atoms with E-state index in [1.54, 1.807) is 0 Å². The van der Waals surface area contributed by atoms with Crippen LogP contribution in [0.5, 0.6) is 0 Å². The van der Waals surface area contributed by atoms with Crippen LogP contribution in [0.3, 0.4) is 0 Å². The number of hydrogen-bond donors (Lipinski definition) is 0. The number of fused-ring (bicyclic) bond motifs is 20. The van der Waals surface area contributed by atoms with Crippen LogP contribution in [0.2, 0.25) is 0 Å². The number of anilines is 3. The molecule has 302 valence electrons. The zero-order valence-corrected chi connectivity index (χ0v) is 36.3. The van der Waals surface area contributed by atoms with Crippen molar-refractivity contribution in [3.63, 3.8) is 0 Å². The number of rotatable bonds is 3. The zero-order chi connectivity index (χ0) is 42.6. The molecule has 0 N–H and O–H groups in total. The van der Waals surface area contributed by atoms with Crippen LogP contribution in [0.25, 0.3) is 98.1 Å². The van der Waals surface area contributed by atoms with Gasteiger partial charge in [0.1, 0.15) is 5.58 Å². The second kappa shape index (κ2) is 12.5. The van der Waals surface area contributed by atoms with E-state index in [0.29, 0.717) is 0 Å². The molecule has 0 radical (unpaired) electrons. The summed E-state index contributed by atoms with van der Waals surface area (Å²) in [6.07, 6.45) is 0. The summed E-state index contributed by atoms with van der Waals surface area (Å²) < 4.78 is 6.90. The van der Waals surface area contributed by atoms with Crippen LogP contribution in [0, 0.1) is 0 Å². The molecule has 2 aliphatic carbocycles. The third-order valence-corrected chi connectivity index (χ3v) is 15.1. The fraction of sp³-hybridized carbons (Fsp3) is 0.0968. The normalized spacial score (nSPS) is 14.5. The van der Waals surface area contributed by atoms with E-state index < -0.39 is 0 Å². The maximum Gasteiger partial charge on any atom is 0.159 e. The van der Waals surface area contributed by atoms with Crippen LogP contribution in [-0.2, 0) is 10.8 Å². The first-order chi connectivity index (χ1) is 31.3. The summed E-state index contributed by atoms with van der Waals surface area (Å²) in [6, 6.07) is 70.0. The minimum atomic E-state index is -0.293. The first kappa shape index (κ1) is 35.9. The van der Waals surface area contributed by atoms with E-state index in [9.17, 15) is 0 Å². The quantitative estimate of drug-likeness (QED) is 0.165. The molecule has 0 unspecified atom stereocenters. The van der Waals surface area contributed by atoms with Crippen molar-refractivity contribution in [2.45, 2.75) is 38.5 Å². The van der Waals surface area contributed by atoms with Gasteiger partial charge in [-0.15, -0.1) is 0 Å². The molecule has 0 saturated carbocycles. The molecular formula is C62H43NO. The summed E-state index contributed by atoms with van der Waals surface area (Å²) in [5, 5.41) is 15.1.